The summed E-state index contributed by atoms with van der Waals surface area (Å²) in [6, 6.07) is 1.11. The van der Waals surface area contributed by atoms with Crippen LogP contribution in [-0.4, -0.2) is 30.6 Å². The van der Waals surface area contributed by atoms with Crippen molar-refractivity contribution in [2.75, 3.05) is 13.6 Å². The Kier molecular flexibility index (Phi) is 3.45. The van der Waals surface area contributed by atoms with Crippen molar-refractivity contribution in [1.82, 2.24) is 4.90 Å². The first-order chi connectivity index (χ1) is 8.24. The van der Waals surface area contributed by atoms with E-state index in [1.807, 2.05) is 0 Å². The molecule has 3 aliphatic rings. The molecule has 0 amide bonds. The third-order valence-corrected chi connectivity index (χ3v) is 5.75. The van der Waals surface area contributed by atoms with E-state index in [4.69, 9.17) is 5.73 Å². The number of fused-ring (bicyclic) bond motifs is 2. The summed E-state index contributed by atoms with van der Waals surface area (Å²) >= 11 is 0. The summed E-state index contributed by atoms with van der Waals surface area (Å²) in [6.45, 7) is 1.32. The van der Waals surface area contributed by atoms with Crippen LogP contribution >= 0.6 is 0 Å². The standard InChI is InChI=1S/C15H28N2/c1-17(15-5-3-2-4-14(15)16)10-13-9-11-6-7-12(13)8-11/h11-15H,2-10,16H2,1H3. The molecule has 0 heterocycles. The van der Waals surface area contributed by atoms with Crippen LogP contribution in [0, 0.1) is 17.8 Å². The highest BCUT2D eigenvalue weighted by Gasteiger charge is 2.40. The number of hydrogen-bond donors (Lipinski definition) is 1. The summed E-state index contributed by atoms with van der Waals surface area (Å²) in [5.74, 6) is 3.13. The molecule has 0 aromatic rings. The molecule has 3 rings (SSSR count). The zero-order chi connectivity index (χ0) is 11.8. The summed E-state index contributed by atoms with van der Waals surface area (Å²) in [5.41, 5.74) is 6.29. The molecule has 3 fully saturated rings. The van der Waals surface area contributed by atoms with Gasteiger partial charge in [0.15, 0.2) is 0 Å². The minimum Gasteiger partial charge on any atom is -0.326 e. The Labute approximate surface area is 106 Å². The number of nitrogens with zero attached hydrogens (tertiary/aromatic N) is 1. The lowest BCUT2D eigenvalue weighted by Crippen LogP contribution is -2.49. The van der Waals surface area contributed by atoms with Crippen LogP contribution in [0.4, 0.5) is 0 Å². The first-order valence-electron chi connectivity index (χ1n) is 7.70. The summed E-state index contributed by atoms with van der Waals surface area (Å²) in [5, 5.41) is 0. The lowest BCUT2D eigenvalue weighted by atomic mass is 9.86. The van der Waals surface area contributed by atoms with Crippen molar-refractivity contribution >= 4 is 0 Å². The topological polar surface area (TPSA) is 29.3 Å². The van der Waals surface area contributed by atoms with E-state index in [0.717, 1.165) is 17.8 Å². The fourth-order valence-electron chi connectivity index (χ4n) is 4.79. The van der Waals surface area contributed by atoms with E-state index in [0.29, 0.717) is 12.1 Å². The maximum absolute atomic E-state index is 6.29. The molecular weight excluding hydrogens is 208 g/mol. The lowest BCUT2D eigenvalue weighted by Gasteiger charge is -2.38. The Morgan fingerprint density at radius 3 is 2.53 bits per heavy atom. The Hall–Kier alpha value is -0.0800. The Morgan fingerprint density at radius 2 is 1.88 bits per heavy atom. The summed E-state index contributed by atoms with van der Waals surface area (Å²) in [4.78, 5) is 2.61. The fraction of sp³-hybridized carbons (Fsp3) is 1.00. The van der Waals surface area contributed by atoms with E-state index in [2.05, 4.69) is 11.9 Å². The fourth-order valence-corrected chi connectivity index (χ4v) is 4.79. The molecule has 0 spiro atoms. The van der Waals surface area contributed by atoms with Gasteiger partial charge in [0, 0.05) is 18.6 Å². The number of hydrogen-bond acceptors (Lipinski definition) is 2. The SMILES string of the molecule is CN(CC1CC2CCC1C2)C1CCCCC1N. The molecule has 3 saturated carbocycles. The molecule has 17 heavy (non-hydrogen) atoms. The first-order valence-corrected chi connectivity index (χ1v) is 7.70. The van der Waals surface area contributed by atoms with Gasteiger partial charge in [0.05, 0.1) is 0 Å². The maximum Gasteiger partial charge on any atom is 0.0244 e. The van der Waals surface area contributed by atoms with Crippen molar-refractivity contribution < 1.29 is 0 Å². The van der Waals surface area contributed by atoms with Gasteiger partial charge < -0.3 is 10.6 Å². The predicted octanol–water partition coefficient (Wildman–Crippen LogP) is 2.62. The molecule has 5 unspecified atom stereocenters. The van der Waals surface area contributed by atoms with E-state index in [9.17, 15) is 0 Å². The molecule has 2 heteroatoms. The van der Waals surface area contributed by atoms with Crippen LogP contribution in [0.25, 0.3) is 0 Å². The van der Waals surface area contributed by atoms with Crippen molar-refractivity contribution in [3.8, 4) is 0 Å². The highest BCUT2D eigenvalue weighted by atomic mass is 15.1. The van der Waals surface area contributed by atoms with Crippen LogP contribution in [0.2, 0.25) is 0 Å². The second-order valence-electron chi connectivity index (χ2n) is 6.89. The van der Waals surface area contributed by atoms with Gasteiger partial charge in [-0.1, -0.05) is 19.3 Å². The number of nitrogens with two attached hydrogens (primary N) is 1. The summed E-state index contributed by atoms with van der Waals surface area (Å²) in [6.07, 6.45) is 11.4. The zero-order valence-corrected chi connectivity index (χ0v) is 11.3. The highest BCUT2D eigenvalue weighted by Crippen LogP contribution is 2.48. The first kappa shape index (κ1) is 12.0. The normalized spacial score (nSPS) is 45.7. The van der Waals surface area contributed by atoms with Crippen LogP contribution in [0.5, 0.6) is 0 Å². The van der Waals surface area contributed by atoms with Gasteiger partial charge in [0.25, 0.3) is 0 Å². The summed E-state index contributed by atoms with van der Waals surface area (Å²) < 4.78 is 0. The average molecular weight is 236 g/mol. The molecule has 98 valence electrons. The molecule has 2 bridgehead atoms. The van der Waals surface area contributed by atoms with Gasteiger partial charge in [-0.2, -0.15) is 0 Å². The summed E-state index contributed by atoms with van der Waals surface area (Å²) in [7, 11) is 2.32. The average Bonchev–Trinajstić information content (AvgIpc) is 2.91. The van der Waals surface area contributed by atoms with Crippen molar-refractivity contribution in [3.63, 3.8) is 0 Å². The van der Waals surface area contributed by atoms with E-state index in [1.165, 1.54) is 57.9 Å². The highest BCUT2D eigenvalue weighted by molar-refractivity contribution is 4.93. The van der Waals surface area contributed by atoms with Crippen LogP contribution in [-0.2, 0) is 0 Å². The molecule has 2 N–H and O–H groups in total. The third-order valence-electron chi connectivity index (χ3n) is 5.75. The van der Waals surface area contributed by atoms with Crippen molar-refractivity contribution in [2.45, 2.75) is 63.5 Å². The van der Waals surface area contributed by atoms with Crippen LogP contribution < -0.4 is 5.73 Å². The van der Waals surface area contributed by atoms with Gasteiger partial charge in [-0.25, -0.2) is 0 Å². The Balaban J connectivity index is 1.54. The number of likely N-dealkylation sites (N-methyl/N-ethyl adjacent to an activating group) is 1. The molecule has 2 nitrogen and oxygen atoms in total. The molecule has 0 saturated heterocycles. The van der Waals surface area contributed by atoms with Crippen LogP contribution in [0.15, 0.2) is 0 Å². The Morgan fingerprint density at radius 1 is 1.06 bits per heavy atom. The predicted molar refractivity (Wildman–Crippen MR) is 71.8 cm³/mol. The number of rotatable bonds is 3. The monoisotopic (exact) mass is 236 g/mol. The lowest BCUT2D eigenvalue weighted by molar-refractivity contribution is 0.129. The molecule has 5 atom stereocenters. The third kappa shape index (κ3) is 2.39. The maximum atomic E-state index is 6.29. The zero-order valence-electron chi connectivity index (χ0n) is 11.3. The second kappa shape index (κ2) is 4.89. The van der Waals surface area contributed by atoms with Crippen molar-refractivity contribution in [3.05, 3.63) is 0 Å². The van der Waals surface area contributed by atoms with Gasteiger partial charge in [0.1, 0.15) is 0 Å². The van der Waals surface area contributed by atoms with Crippen LogP contribution in [0.3, 0.4) is 0 Å². The Bertz CT molecular complexity index is 266. The molecule has 0 aromatic heterocycles. The smallest absolute Gasteiger partial charge is 0.0244 e. The minimum atomic E-state index is 0.437. The largest absolute Gasteiger partial charge is 0.326 e. The van der Waals surface area contributed by atoms with Gasteiger partial charge in [-0.3, -0.25) is 0 Å². The molecule has 3 aliphatic carbocycles. The van der Waals surface area contributed by atoms with E-state index in [-0.39, 0.29) is 0 Å². The molecule has 0 aliphatic heterocycles. The van der Waals surface area contributed by atoms with E-state index >= 15 is 0 Å². The molecular formula is C15H28N2. The van der Waals surface area contributed by atoms with E-state index < -0.39 is 0 Å². The molecule has 0 radical (unpaired) electrons. The minimum absolute atomic E-state index is 0.437. The second-order valence-corrected chi connectivity index (χ2v) is 6.89. The van der Waals surface area contributed by atoms with Crippen molar-refractivity contribution in [2.24, 2.45) is 23.5 Å². The van der Waals surface area contributed by atoms with E-state index in [1.54, 1.807) is 0 Å². The van der Waals surface area contributed by atoms with Gasteiger partial charge in [-0.15, -0.1) is 0 Å². The molecule has 0 aromatic carbocycles. The van der Waals surface area contributed by atoms with Crippen molar-refractivity contribution in [1.29, 1.82) is 0 Å². The van der Waals surface area contributed by atoms with Crippen LogP contribution in [0.1, 0.15) is 51.4 Å². The van der Waals surface area contributed by atoms with Gasteiger partial charge in [0.2, 0.25) is 0 Å². The van der Waals surface area contributed by atoms with Gasteiger partial charge in [-0.05, 0) is 56.9 Å². The quantitative estimate of drug-likeness (QED) is 0.816. The van der Waals surface area contributed by atoms with Gasteiger partial charge >= 0.3 is 0 Å².